The third-order valence-electron chi connectivity index (χ3n) is 2.65. The lowest BCUT2D eigenvalue weighted by molar-refractivity contribution is 0.103. The summed E-state index contributed by atoms with van der Waals surface area (Å²) in [5, 5.41) is 7.20. The van der Waals surface area contributed by atoms with Gasteiger partial charge in [0.25, 0.3) is 0 Å². The fourth-order valence-electron chi connectivity index (χ4n) is 1.79. The Morgan fingerprint density at radius 2 is 2.46 bits per heavy atom. The highest BCUT2D eigenvalue weighted by atomic mass is 16.5. The number of nitrogens with one attached hydrogen (secondary N) is 1. The molecule has 0 spiro atoms. The number of nitrogens with two attached hydrogens (primary N) is 1. The van der Waals surface area contributed by atoms with E-state index in [4.69, 9.17) is 15.9 Å². The van der Waals surface area contributed by atoms with Crippen LogP contribution in [-0.2, 0) is 4.74 Å². The van der Waals surface area contributed by atoms with Gasteiger partial charge in [-0.1, -0.05) is 0 Å². The first kappa shape index (κ1) is 10.5. The maximum atomic E-state index is 7.20. The van der Waals surface area contributed by atoms with Gasteiger partial charge in [-0.3, -0.25) is 10.3 Å². The second-order valence-electron chi connectivity index (χ2n) is 3.72. The summed E-state index contributed by atoms with van der Waals surface area (Å²) in [7, 11) is 1.75. The highest BCUT2D eigenvalue weighted by Crippen LogP contribution is 2.16. The van der Waals surface area contributed by atoms with Gasteiger partial charge in [-0.15, -0.1) is 0 Å². The van der Waals surface area contributed by atoms with Gasteiger partial charge < -0.3 is 10.5 Å². The van der Waals surface area contributed by atoms with E-state index in [1.807, 2.05) is 0 Å². The molecule has 2 unspecified atom stereocenters. The van der Waals surface area contributed by atoms with Gasteiger partial charge in [0, 0.05) is 32.7 Å². The normalized spacial score (nSPS) is 26.2. The van der Waals surface area contributed by atoms with Crippen molar-refractivity contribution in [2.45, 2.75) is 31.9 Å². The highest BCUT2D eigenvalue weighted by Gasteiger charge is 2.25. The van der Waals surface area contributed by atoms with E-state index >= 15 is 0 Å². The molecule has 0 amide bonds. The van der Waals surface area contributed by atoms with Crippen molar-refractivity contribution in [2.75, 3.05) is 20.2 Å². The molecule has 2 atom stereocenters. The molecule has 1 rings (SSSR count). The first-order chi connectivity index (χ1) is 6.13. The Labute approximate surface area is 79.6 Å². The fourth-order valence-corrected chi connectivity index (χ4v) is 1.79. The van der Waals surface area contributed by atoms with Crippen LogP contribution in [-0.4, -0.2) is 43.1 Å². The lowest BCUT2D eigenvalue weighted by Gasteiger charge is -2.23. The Morgan fingerprint density at radius 1 is 1.77 bits per heavy atom. The van der Waals surface area contributed by atoms with E-state index in [0.717, 1.165) is 19.5 Å². The highest BCUT2D eigenvalue weighted by molar-refractivity contribution is 5.77. The van der Waals surface area contributed by atoms with Crippen molar-refractivity contribution in [3.05, 3.63) is 0 Å². The van der Waals surface area contributed by atoms with Crippen molar-refractivity contribution < 1.29 is 4.74 Å². The summed E-state index contributed by atoms with van der Waals surface area (Å²) in [6, 6.07) is 0.373. The van der Waals surface area contributed by atoms with Crippen molar-refractivity contribution in [2.24, 2.45) is 5.73 Å². The molecule has 13 heavy (non-hydrogen) atoms. The van der Waals surface area contributed by atoms with Gasteiger partial charge in [-0.05, 0) is 13.3 Å². The average molecular weight is 185 g/mol. The van der Waals surface area contributed by atoms with Crippen LogP contribution < -0.4 is 5.73 Å². The topological polar surface area (TPSA) is 62.3 Å². The van der Waals surface area contributed by atoms with E-state index in [9.17, 15) is 0 Å². The van der Waals surface area contributed by atoms with Crippen LogP contribution >= 0.6 is 0 Å². The monoisotopic (exact) mass is 185 g/mol. The van der Waals surface area contributed by atoms with Crippen LogP contribution in [0.1, 0.15) is 19.8 Å². The molecule has 1 aliphatic heterocycles. The number of rotatable bonds is 4. The van der Waals surface area contributed by atoms with Gasteiger partial charge >= 0.3 is 0 Å². The van der Waals surface area contributed by atoms with Crippen LogP contribution in [0.5, 0.6) is 0 Å². The number of methoxy groups -OCH3 is 1. The summed E-state index contributed by atoms with van der Waals surface area (Å²) in [6.45, 7) is 4.15. The summed E-state index contributed by atoms with van der Waals surface area (Å²) < 4.78 is 5.27. The van der Waals surface area contributed by atoms with E-state index in [2.05, 4.69) is 11.8 Å². The van der Waals surface area contributed by atoms with E-state index in [1.165, 1.54) is 0 Å². The summed E-state index contributed by atoms with van der Waals surface area (Å²) in [5.41, 5.74) is 5.35. The molecule has 0 aromatic heterocycles. The van der Waals surface area contributed by atoms with Crippen molar-refractivity contribution in [3.63, 3.8) is 0 Å². The van der Waals surface area contributed by atoms with Crippen LogP contribution in [0.3, 0.4) is 0 Å². The lowest BCUT2D eigenvalue weighted by atomic mass is 10.2. The van der Waals surface area contributed by atoms with Gasteiger partial charge in [-0.2, -0.15) is 0 Å². The third kappa shape index (κ3) is 2.97. The van der Waals surface area contributed by atoms with E-state index < -0.39 is 0 Å². The average Bonchev–Trinajstić information content (AvgIpc) is 2.50. The van der Waals surface area contributed by atoms with E-state index in [-0.39, 0.29) is 5.84 Å². The first-order valence-electron chi connectivity index (χ1n) is 4.73. The summed E-state index contributed by atoms with van der Waals surface area (Å²) >= 11 is 0. The Hall–Kier alpha value is -0.610. The lowest BCUT2D eigenvalue weighted by Crippen LogP contribution is -2.35. The molecule has 4 nitrogen and oxygen atoms in total. The predicted octanol–water partition coefficient (Wildman–Crippen LogP) is 0.422. The molecule has 1 heterocycles. The predicted molar refractivity (Wildman–Crippen MR) is 53.0 cm³/mol. The zero-order chi connectivity index (χ0) is 9.84. The number of hydrogen-bond acceptors (Lipinski definition) is 3. The number of likely N-dealkylation sites (tertiary alicyclic amines) is 1. The largest absolute Gasteiger partial charge is 0.388 e. The molecule has 0 aliphatic carbocycles. The molecule has 0 aromatic carbocycles. The molecule has 76 valence electrons. The Kier molecular flexibility index (Phi) is 3.69. The molecule has 1 saturated heterocycles. The van der Waals surface area contributed by atoms with Crippen molar-refractivity contribution in [3.8, 4) is 0 Å². The number of ether oxygens (including phenoxy) is 1. The molecular weight excluding hydrogens is 166 g/mol. The van der Waals surface area contributed by atoms with Crippen LogP contribution in [0, 0.1) is 5.41 Å². The first-order valence-corrected chi connectivity index (χ1v) is 4.73. The summed E-state index contributed by atoms with van der Waals surface area (Å²) in [6.07, 6.45) is 2.13. The van der Waals surface area contributed by atoms with Crippen LogP contribution in [0.15, 0.2) is 0 Å². The minimum atomic E-state index is 0.272. The Morgan fingerprint density at radius 3 is 2.92 bits per heavy atom. The maximum Gasteiger partial charge on any atom is 0.0920 e. The molecule has 1 fully saturated rings. The standard InChI is InChI=1S/C9H19N3O/c1-7(5-9(10)11)12-4-3-8(6-12)13-2/h7-8H,3-6H2,1-2H3,(H3,10,11). The molecule has 1 aliphatic rings. The Bertz CT molecular complexity index is 184. The summed E-state index contributed by atoms with van der Waals surface area (Å²) in [4.78, 5) is 2.33. The molecule has 0 saturated carbocycles. The number of hydrogen-bond donors (Lipinski definition) is 2. The van der Waals surface area contributed by atoms with Gasteiger partial charge in [0.05, 0.1) is 11.9 Å². The molecule has 0 bridgehead atoms. The van der Waals surface area contributed by atoms with Gasteiger partial charge in [0.1, 0.15) is 0 Å². The summed E-state index contributed by atoms with van der Waals surface area (Å²) in [5.74, 6) is 0.272. The SMILES string of the molecule is COC1CCN(C(C)CC(=N)N)C1. The van der Waals surface area contributed by atoms with Crippen LogP contribution in [0.2, 0.25) is 0 Å². The molecular formula is C9H19N3O. The minimum Gasteiger partial charge on any atom is -0.388 e. The quantitative estimate of drug-likeness (QED) is 0.493. The minimum absolute atomic E-state index is 0.272. The zero-order valence-electron chi connectivity index (χ0n) is 8.42. The molecule has 4 heteroatoms. The number of nitrogens with zero attached hydrogens (tertiary/aromatic N) is 1. The molecule has 3 N–H and O–H groups in total. The van der Waals surface area contributed by atoms with E-state index in [0.29, 0.717) is 18.6 Å². The van der Waals surface area contributed by atoms with Gasteiger partial charge in [0.2, 0.25) is 0 Å². The second-order valence-corrected chi connectivity index (χ2v) is 3.72. The van der Waals surface area contributed by atoms with Gasteiger partial charge in [0.15, 0.2) is 0 Å². The van der Waals surface area contributed by atoms with Crippen molar-refractivity contribution >= 4 is 5.84 Å². The van der Waals surface area contributed by atoms with Crippen molar-refractivity contribution in [1.82, 2.24) is 4.90 Å². The Balaban J connectivity index is 2.32. The van der Waals surface area contributed by atoms with Gasteiger partial charge in [-0.25, -0.2) is 0 Å². The third-order valence-corrected chi connectivity index (χ3v) is 2.65. The smallest absolute Gasteiger partial charge is 0.0920 e. The zero-order valence-corrected chi connectivity index (χ0v) is 8.42. The molecule has 0 aromatic rings. The maximum absolute atomic E-state index is 7.20. The second kappa shape index (κ2) is 4.58. The fraction of sp³-hybridized carbons (Fsp3) is 0.889. The van der Waals surface area contributed by atoms with E-state index in [1.54, 1.807) is 7.11 Å². The van der Waals surface area contributed by atoms with Crippen LogP contribution in [0.4, 0.5) is 0 Å². The van der Waals surface area contributed by atoms with Crippen LogP contribution in [0.25, 0.3) is 0 Å². The number of amidine groups is 1. The van der Waals surface area contributed by atoms with Crippen molar-refractivity contribution in [1.29, 1.82) is 5.41 Å². The molecule has 0 radical (unpaired) electrons.